The van der Waals surface area contributed by atoms with Crippen molar-refractivity contribution < 1.29 is 14.3 Å². The predicted molar refractivity (Wildman–Crippen MR) is 60.5 cm³/mol. The quantitative estimate of drug-likeness (QED) is 0.586. The van der Waals surface area contributed by atoms with Crippen LogP contribution < -0.4 is 0 Å². The molecule has 5 heteroatoms. The van der Waals surface area contributed by atoms with Gasteiger partial charge in [0, 0.05) is 18.9 Å². The van der Waals surface area contributed by atoms with Crippen LogP contribution in [0.25, 0.3) is 0 Å². The third-order valence-corrected chi connectivity index (χ3v) is 2.99. The zero-order valence-electron chi connectivity index (χ0n) is 9.89. The van der Waals surface area contributed by atoms with Crippen molar-refractivity contribution in [2.24, 2.45) is 0 Å². The number of ether oxygens (including phenoxy) is 1. The van der Waals surface area contributed by atoms with Gasteiger partial charge < -0.3 is 9.30 Å². The summed E-state index contributed by atoms with van der Waals surface area (Å²) in [4.78, 5) is 27.6. The Balaban J connectivity index is 2.21. The zero-order valence-corrected chi connectivity index (χ0v) is 9.89. The topological polar surface area (TPSA) is 61.2 Å². The molecule has 0 saturated heterocycles. The van der Waals surface area contributed by atoms with Gasteiger partial charge in [-0.15, -0.1) is 0 Å². The van der Waals surface area contributed by atoms with Crippen LogP contribution in [0.2, 0.25) is 0 Å². The normalized spacial score (nSPS) is 19.2. The highest BCUT2D eigenvalue weighted by Crippen LogP contribution is 2.26. The maximum Gasteiger partial charge on any atom is 0.375 e. The van der Waals surface area contributed by atoms with Gasteiger partial charge in [-0.25, -0.2) is 9.78 Å². The molecule has 17 heavy (non-hydrogen) atoms. The summed E-state index contributed by atoms with van der Waals surface area (Å²) in [5, 5.41) is 0. The minimum Gasteiger partial charge on any atom is -0.460 e. The van der Waals surface area contributed by atoms with E-state index < -0.39 is 17.7 Å². The summed E-state index contributed by atoms with van der Waals surface area (Å²) in [6.45, 7) is 2.78. The Morgan fingerprint density at radius 2 is 2.35 bits per heavy atom. The summed E-state index contributed by atoms with van der Waals surface area (Å²) >= 11 is 0. The number of carbonyl (C=O) groups excluding carboxylic acids is 2. The lowest BCUT2D eigenvalue weighted by Crippen LogP contribution is -2.26. The first kappa shape index (κ1) is 11.8. The smallest absolute Gasteiger partial charge is 0.375 e. The summed E-state index contributed by atoms with van der Waals surface area (Å²) in [6, 6.07) is 0. The molecule has 1 aliphatic heterocycles. The number of carbonyl (C=O) groups is 2. The number of hydrogen-bond donors (Lipinski definition) is 0. The first-order valence-electron chi connectivity index (χ1n) is 5.96. The van der Waals surface area contributed by atoms with Crippen molar-refractivity contribution in [3.8, 4) is 0 Å². The predicted octanol–water partition coefficient (Wildman–Crippen LogP) is 1.28. The zero-order chi connectivity index (χ0) is 12.3. The molecular weight excluding hydrogens is 220 g/mol. The molecule has 0 bridgehead atoms. The Bertz CT molecular complexity index is 425. The van der Waals surface area contributed by atoms with Crippen LogP contribution in [-0.4, -0.2) is 27.9 Å². The molecule has 0 radical (unpaired) electrons. The molecule has 0 spiro atoms. The lowest BCUT2D eigenvalue weighted by Gasteiger charge is -2.12. The van der Waals surface area contributed by atoms with Crippen LogP contribution in [0, 0.1) is 0 Å². The molecule has 0 fully saturated rings. The molecule has 0 amide bonds. The SMILES string of the molecule is CCOC(=O)C(=O)C1CCCCn2ccnc21. The van der Waals surface area contributed by atoms with Crippen molar-refractivity contribution in [2.45, 2.75) is 38.6 Å². The second kappa shape index (κ2) is 5.12. The number of aryl methyl sites for hydroxylation is 1. The Hall–Kier alpha value is -1.65. The molecule has 1 atom stereocenters. The molecule has 0 saturated carbocycles. The standard InChI is InChI=1S/C12H16N2O3/c1-2-17-12(16)10(15)9-5-3-4-7-14-8-6-13-11(9)14/h6,8-9H,2-5,7H2,1H3. The number of hydrogen-bond acceptors (Lipinski definition) is 4. The van der Waals surface area contributed by atoms with E-state index in [4.69, 9.17) is 4.74 Å². The number of rotatable bonds is 3. The summed E-state index contributed by atoms with van der Waals surface area (Å²) in [5.74, 6) is -0.956. The summed E-state index contributed by atoms with van der Waals surface area (Å²) in [5.41, 5.74) is 0. The summed E-state index contributed by atoms with van der Waals surface area (Å²) in [7, 11) is 0. The monoisotopic (exact) mass is 236 g/mol. The highest BCUT2D eigenvalue weighted by molar-refractivity contribution is 6.35. The van der Waals surface area contributed by atoms with Gasteiger partial charge in [0.05, 0.1) is 12.5 Å². The van der Waals surface area contributed by atoms with Crippen molar-refractivity contribution in [3.05, 3.63) is 18.2 Å². The Kier molecular flexibility index (Phi) is 3.56. The van der Waals surface area contributed by atoms with Crippen LogP contribution in [0.1, 0.15) is 37.9 Å². The van der Waals surface area contributed by atoms with Crippen LogP contribution in [0.3, 0.4) is 0 Å². The largest absolute Gasteiger partial charge is 0.460 e. The van der Waals surface area contributed by atoms with E-state index >= 15 is 0 Å². The van der Waals surface area contributed by atoms with Gasteiger partial charge in [0.25, 0.3) is 5.78 Å². The van der Waals surface area contributed by atoms with Crippen LogP contribution >= 0.6 is 0 Å². The molecule has 1 unspecified atom stereocenters. The second-order valence-electron chi connectivity index (χ2n) is 4.11. The van der Waals surface area contributed by atoms with Crippen molar-refractivity contribution in [3.63, 3.8) is 0 Å². The van der Waals surface area contributed by atoms with Gasteiger partial charge in [0.1, 0.15) is 5.82 Å². The fraction of sp³-hybridized carbons (Fsp3) is 0.583. The van der Waals surface area contributed by atoms with E-state index in [1.807, 2.05) is 10.8 Å². The summed E-state index contributed by atoms with van der Waals surface area (Å²) < 4.78 is 6.72. The van der Waals surface area contributed by atoms with Crippen LogP contribution in [0.15, 0.2) is 12.4 Å². The number of aromatic nitrogens is 2. The molecule has 1 aliphatic rings. The lowest BCUT2D eigenvalue weighted by molar-refractivity contribution is -0.154. The number of Topliss-reactive ketones (excluding diaryl/α,β-unsaturated/α-hetero) is 1. The highest BCUT2D eigenvalue weighted by Gasteiger charge is 2.32. The third-order valence-electron chi connectivity index (χ3n) is 2.99. The number of nitrogens with zero attached hydrogens (tertiary/aromatic N) is 2. The first-order valence-corrected chi connectivity index (χ1v) is 5.96. The second-order valence-corrected chi connectivity index (χ2v) is 4.11. The van der Waals surface area contributed by atoms with Crippen molar-refractivity contribution in [1.29, 1.82) is 0 Å². The molecule has 92 valence electrons. The van der Waals surface area contributed by atoms with E-state index in [1.165, 1.54) is 0 Å². The van der Waals surface area contributed by atoms with E-state index in [0.29, 0.717) is 12.2 Å². The molecule has 2 heterocycles. The van der Waals surface area contributed by atoms with Crippen LogP contribution in [-0.2, 0) is 20.9 Å². The van der Waals surface area contributed by atoms with Gasteiger partial charge in [-0.2, -0.15) is 0 Å². The Morgan fingerprint density at radius 1 is 1.53 bits per heavy atom. The van der Waals surface area contributed by atoms with Crippen molar-refractivity contribution >= 4 is 11.8 Å². The number of fused-ring (bicyclic) bond motifs is 1. The molecular formula is C12H16N2O3. The fourth-order valence-electron chi connectivity index (χ4n) is 2.17. The van der Waals surface area contributed by atoms with Gasteiger partial charge in [-0.05, 0) is 19.8 Å². The molecule has 0 N–H and O–H groups in total. The van der Waals surface area contributed by atoms with E-state index in [0.717, 1.165) is 19.4 Å². The van der Waals surface area contributed by atoms with Gasteiger partial charge in [0.15, 0.2) is 0 Å². The average Bonchev–Trinajstić information content (AvgIpc) is 2.69. The van der Waals surface area contributed by atoms with Crippen LogP contribution in [0.5, 0.6) is 0 Å². The van der Waals surface area contributed by atoms with E-state index in [-0.39, 0.29) is 6.61 Å². The minimum absolute atomic E-state index is 0.228. The Morgan fingerprint density at radius 3 is 3.12 bits per heavy atom. The first-order chi connectivity index (χ1) is 8.24. The van der Waals surface area contributed by atoms with Gasteiger partial charge in [-0.1, -0.05) is 6.42 Å². The maximum atomic E-state index is 12.0. The number of imidazole rings is 1. The van der Waals surface area contributed by atoms with Crippen molar-refractivity contribution in [1.82, 2.24) is 9.55 Å². The highest BCUT2D eigenvalue weighted by atomic mass is 16.5. The third kappa shape index (κ3) is 2.38. The average molecular weight is 236 g/mol. The molecule has 0 aromatic carbocycles. The molecule has 1 aromatic heterocycles. The van der Waals surface area contributed by atoms with E-state index in [9.17, 15) is 9.59 Å². The van der Waals surface area contributed by atoms with Gasteiger partial charge in [0.2, 0.25) is 0 Å². The molecule has 2 rings (SSSR count). The van der Waals surface area contributed by atoms with Gasteiger partial charge >= 0.3 is 5.97 Å². The summed E-state index contributed by atoms with van der Waals surface area (Å²) in [6.07, 6.45) is 6.14. The minimum atomic E-state index is -0.742. The van der Waals surface area contributed by atoms with E-state index in [2.05, 4.69) is 4.98 Å². The molecule has 5 nitrogen and oxygen atoms in total. The maximum absolute atomic E-state index is 12.0. The number of esters is 1. The number of ketones is 1. The van der Waals surface area contributed by atoms with E-state index in [1.54, 1.807) is 13.1 Å². The van der Waals surface area contributed by atoms with Gasteiger partial charge in [-0.3, -0.25) is 4.79 Å². The Labute approximate surface area is 99.8 Å². The van der Waals surface area contributed by atoms with Crippen molar-refractivity contribution in [2.75, 3.05) is 6.61 Å². The fourth-order valence-corrected chi connectivity index (χ4v) is 2.17. The van der Waals surface area contributed by atoms with Crippen LogP contribution in [0.4, 0.5) is 0 Å². The molecule has 1 aromatic rings. The molecule has 0 aliphatic carbocycles. The lowest BCUT2D eigenvalue weighted by atomic mass is 9.97.